The number of β-amino-alcohol motifs (C(OH)–C–C–N with tert-alkyl or cyclic N) is 1. The van der Waals surface area contributed by atoms with Gasteiger partial charge in [-0.2, -0.15) is 22.6 Å². The molecule has 1 saturated carbocycles. The lowest BCUT2D eigenvalue weighted by Crippen LogP contribution is -2.43. The molecule has 2 aliphatic rings. The Morgan fingerprint density at radius 1 is 1.21 bits per heavy atom. The van der Waals surface area contributed by atoms with Crippen molar-refractivity contribution in [3.8, 4) is 5.82 Å². The van der Waals surface area contributed by atoms with Crippen LogP contribution in [0.2, 0.25) is 0 Å². The Kier molecular flexibility index (Phi) is 6.52. The third-order valence-corrected chi connectivity index (χ3v) is 7.76. The zero-order chi connectivity index (χ0) is 24.7. The number of hydrogen-bond acceptors (Lipinski definition) is 7. The van der Waals surface area contributed by atoms with Gasteiger partial charge in [-0.25, -0.2) is 27.0 Å². The van der Waals surface area contributed by atoms with Crippen molar-refractivity contribution in [3.63, 3.8) is 0 Å². The molecule has 3 N–H and O–H groups in total. The van der Waals surface area contributed by atoms with E-state index in [1.807, 2.05) is 0 Å². The zero-order valence-corrected chi connectivity index (χ0v) is 18.7. The largest absolute Gasteiger partial charge is 0.394 e. The fraction of sp³-hybridized carbons (Fsp3) is 0.526. The number of fused-ring (bicyclic) bond motifs is 1. The second-order valence-electron chi connectivity index (χ2n) is 8.21. The standard InChI is InChI=1S/C11H8F4N6.C8H15NO3S/c12-7-3-9(21-8(7)5-17-10(16)19-21)20-2-1-6(18-20)4-11(13,14)15;10-7-2-1-5-9(6-7)13(11,12)8-3-4-8/h1-3,5H,4H2,(H2,16,19);7-8,10H,1-6H2. The van der Waals surface area contributed by atoms with E-state index in [0.717, 1.165) is 40.9 Å². The van der Waals surface area contributed by atoms with Crippen LogP contribution in [0.5, 0.6) is 0 Å². The van der Waals surface area contributed by atoms with Gasteiger partial charge in [0.05, 0.1) is 29.7 Å². The molecule has 1 aliphatic carbocycles. The first-order valence-electron chi connectivity index (χ1n) is 10.5. The van der Waals surface area contributed by atoms with Gasteiger partial charge in [0.1, 0.15) is 5.52 Å². The van der Waals surface area contributed by atoms with Gasteiger partial charge in [-0.3, -0.25) is 0 Å². The third kappa shape index (κ3) is 5.47. The predicted molar refractivity (Wildman–Crippen MR) is 113 cm³/mol. The monoisotopic (exact) mass is 505 g/mol. The summed E-state index contributed by atoms with van der Waals surface area (Å²) in [5.74, 6) is -0.593. The number of aromatic nitrogens is 5. The number of aliphatic hydroxyl groups excluding tert-OH is 1. The predicted octanol–water partition coefficient (Wildman–Crippen LogP) is 1.68. The van der Waals surface area contributed by atoms with Crippen molar-refractivity contribution in [2.75, 3.05) is 18.8 Å². The minimum Gasteiger partial charge on any atom is -0.392 e. The topological polar surface area (TPSA) is 132 Å². The molecular formula is C19H23F4N7O3S. The Hall–Kier alpha value is -2.78. The summed E-state index contributed by atoms with van der Waals surface area (Å²) in [7, 11) is -3.05. The van der Waals surface area contributed by atoms with Crippen LogP contribution >= 0.6 is 0 Å². The number of sulfonamides is 1. The maximum absolute atomic E-state index is 13.7. The Balaban J connectivity index is 0.000000180. The van der Waals surface area contributed by atoms with Gasteiger partial charge in [0, 0.05) is 25.4 Å². The van der Waals surface area contributed by atoms with Crippen molar-refractivity contribution in [1.82, 2.24) is 28.7 Å². The van der Waals surface area contributed by atoms with Crippen molar-refractivity contribution in [2.45, 2.75) is 49.6 Å². The molecule has 1 saturated heterocycles. The molecule has 15 heteroatoms. The van der Waals surface area contributed by atoms with E-state index in [0.29, 0.717) is 13.1 Å². The van der Waals surface area contributed by atoms with E-state index in [2.05, 4.69) is 15.2 Å². The first-order valence-corrected chi connectivity index (χ1v) is 12.0. The molecule has 4 heterocycles. The summed E-state index contributed by atoms with van der Waals surface area (Å²) < 4.78 is 77.8. The van der Waals surface area contributed by atoms with Crippen LogP contribution in [0.3, 0.4) is 0 Å². The average Bonchev–Trinajstić information content (AvgIpc) is 3.45. The van der Waals surface area contributed by atoms with Crippen molar-refractivity contribution in [3.05, 3.63) is 36.0 Å². The molecule has 0 spiro atoms. The molecule has 0 radical (unpaired) electrons. The molecule has 0 amide bonds. The minimum atomic E-state index is -4.36. The molecule has 3 aromatic heterocycles. The van der Waals surface area contributed by atoms with Gasteiger partial charge in [-0.15, -0.1) is 5.10 Å². The smallest absolute Gasteiger partial charge is 0.392 e. The summed E-state index contributed by atoms with van der Waals surface area (Å²) in [6.45, 7) is 0.898. The SMILES string of the molecule is Nc1ncc2c(F)cc(-n3ccc(CC(F)(F)F)n3)n2n1.O=S(=O)(C1CC1)N1CCCC(O)C1. The highest BCUT2D eigenvalue weighted by atomic mass is 32.2. The van der Waals surface area contributed by atoms with Crippen molar-refractivity contribution in [1.29, 1.82) is 0 Å². The minimum absolute atomic E-state index is 0.0482. The van der Waals surface area contributed by atoms with Gasteiger partial charge in [0.2, 0.25) is 16.0 Å². The summed E-state index contributed by atoms with van der Waals surface area (Å²) in [4.78, 5) is 3.66. The third-order valence-electron chi connectivity index (χ3n) is 5.39. The fourth-order valence-electron chi connectivity index (χ4n) is 3.63. The van der Waals surface area contributed by atoms with Gasteiger partial charge < -0.3 is 10.8 Å². The number of aliphatic hydroxyl groups is 1. The average molecular weight is 505 g/mol. The summed E-state index contributed by atoms with van der Waals surface area (Å²) in [6, 6.07) is 2.29. The number of rotatable bonds is 4. The van der Waals surface area contributed by atoms with Crippen LogP contribution in [0.15, 0.2) is 24.5 Å². The van der Waals surface area contributed by atoms with E-state index in [1.165, 1.54) is 22.8 Å². The molecule has 0 aromatic carbocycles. The van der Waals surface area contributed by atoms with E-state index in [4.69, 9.17) is 5.73 Å². The second kappa shape index (κ2) is 9.11. The number of halogens is 4. The molecule has 186 valence electrons. The highest BCUT2D eigenvalue weighted by Crippen LogP contribution is 2.32. The van der Waals surface area contributed by atoms with Crippen LogP contribution in [-0.4, -0.2) is 72.8 Å². The first-order chi connectivity index (χ1) is 15.9. The van der Waals surface area contributed by atoms with Crippen molar-refractivity contribution in [2.24, 2.45) is 0 Å². The normalized spacial score (nSPS) is 19.7. The Bertz CT molecular complexity index is 1270. The molecule has 34 heavy (non-hydrogen) atoms. The molecular weight excluding hydrogens is 482 g/mol. The van der Waals surface area contributed by atoms with E-state index < -0.39 is 34.5 Å². The number of piperidine rings is 1. The van der Waals surface area contributed by atoms with Crippen LogP contribution in [-0.2, 0) is 16.4 Å². The zero-order valence-electron chi connectivity index (χ0n) is 17.9. The Morgan fingerprint density at radius 2 is 1.94 bits per heavy atom. The molecule has 1 atom stereocenters. The van der Waals surface area contributed by atoms with Crippen LogP contribution in [0.4, 0.5) is 23.5 Å². The first kappa shape index (κ1) is 24.3. The molecule has 10 nitrogen and oxygen atoms in total. The van der Waals surface area contributed by atoms with E-state index in [1.54, 1.807) is 0 Å². The molecule has 5 rings (SSSR count). The van der Waals surface area contributed by atoms with Gasteiger partial charge in [0.15, 0.2) is 11.6 Å². The molecule has 1 unspecified atom stereocenters. The van der Waals surface area contributed by atoms with Crippen molar-refractivity contribution < 1.29 is 31.1 Å². The number of nitrogens with zero attached hydrogens (tertiary/aromatic N) is 6. The van der Waals surface area contributed by atoms with Crippen LogP contribution < -0.4 is 5.73 Å². The number of anilines is 1. The van der Waals surface area contributed by atoms with Crippen molar-refractivity contribution >= 4 is 21.5 Å². The molecule has 3 aromatic rings. The van der Waals surface area contributed by atoms with Gasteiger partial charge in [-0.1, -0.05) is 0 Å². The summed E-state index contributed by atoms with van der Waals surface area (Å²) in [5.41, 5.74) is 5.29. The lowest BCUT2D eigenvalue weighted by atomic mass is 10.1. The maximum atomic E-state index is 13.7. The molecule has 0 bridgehead atoms. The highest BCUT2D eigenvalue weighted by Gasteiger charge is 2.41. The van der Waals surface area contributed by atoms with Gasteiger partial charge >= 0.3 is 6.18 Å². The van der Waals surface area contributed by atoms with E-state index in [-0.39, 0.29) is 28.2 Å². The summed E-state index contributed by atoms with van der Waals surface area (Å²) in [6.07, 6.45) is -0.390. The summed E-state index contributed by atoms with van der Waals surface area (Å²) in [5, 5.41) is 16.8. The maximum Gasteiger partial charge on any atom is 0.394 e. The van der Waals surface area contributed by atoms with Crippen LogP contribution in [0.1, 0.15) is 31.4 Å². The quantitative estimate of drug-likeness (QED) is 0.516. The molecule has 2 fully saturated rings. The number of alkyl halides is 3. The van der Waals surface area contributed by atoms with Gasteiger partial charge in [0.25, 0.3) is 0 Å². The van der Waals surface area contributed by atoms with Crippen LogP contribution in [0.25, 0.3) is 11.3 Å². The lowest BCUT2D eigenvalue weighted by Gasteiger charge is -2.29. The lowest BCUT2D eigenvalue weighted by molar-refractivity contribution is -0.127. The second-order valence-corrected chi connectivity index (χ2v) is 10.4. The number of nitrogens with two attached hydrogens (primary N) is 1. The Labute approximate surface area is 192 Å². The number of hydrogen-bond donors (Lipinski definition) is 2. The Morgan fingerprint density at radius 3 is 2.59 bits per heavy atom. The van der Waals surface area contributed by atoms with Gasteiger partial charge in [-0.05, 0) is 31.7 Å². The highest BCUT2D eigenvalue weighted by molar-refractivity contribution is 7.90. The summed E-state index contributed by atoms with van der Waals surface area (Å²) >= 11 is 0. The number of nitrogen functional groups attached to an aromatic ring is 1. The van der Waals surface area contributed by atoms with E-state index >= 15 is 0 Å². The molecule has 1 aliphatic heterocycles. The fourth-order valence-corrected chi connectivity index (χ4v) is 5.55. The van der Waals surface area contributed by atoms with E-state index in [9.17, 15) is 31.1 Å². The van der Waals surface area contributed by atoms with Crippen LogP contribution in [0, 0.1) is 5.82 Å².